The fraction of sp³-hybridized carbons (Fsp3) is 0.355. The molecule has 0 aliphatic carbocycles. The lowest BCUT2D eigenvalue weighted by Gasteiger charge is -2.34. The predicted molar refractivity (Wildman–Crippen MR) is 173 cm³/mol. The van der Waals surface area contributed by atoms with Gasteiger partial charge < -0.3 is 15.0 Å². The van der Waals surface area contributed by atoms with Crippen molar-refractivity contribution in [2.45, 2.75) is 64.1 Å². The molecule has 2 amide bonds. The van der Waals surface area contributed by atoms with Crippen molar-refractivity contribution in [3.63, 3.8) is 0 Å². The summed E-state index contributed by atoms with van der Waals surface area (Å²) < 4.78 is 34.3. The smallest absolute Gasteiger partial charge is 0.264 e. The van der Waals surface area contributed by atoms with E-state index in [0.717, 1.165) is 9.87 Å². The minimum Gasteiger partial charge on any atom is -0.495 e. The van der Waals surface area contributed by atoms with Gasteiger partial charge in [0, 0.05) is 28.2 Å². The van der Waals surface area contributed by atoms with Gasteiger partial charge in [0.25, 0.3) is 10.0 Å². The van der Waals surface area contributed by atoms with E-state index in [1.165, 1.54) is 42.3 Å². The summed E-state index contributed by atoms with van der Waals surface area (Å²) >= 11 is 19.3. The van der Waals surface area contributed by atoms with Gasteiger partial charge in [0.1, 0.15) is 18.3 Å². The number of benzene rings is 3. The van der Waals surface area contributed by atoms with Crippen LogP contribution in [-0.2, 0) is 26.2 Å². The zero-order valence-electron chi connectivity index (χ0n) is 24.7. The third-order valence-corrected chi connectivity index (χ3v) is 9.88. The van der Waals surface area contributed by atoms with Crippen molar-refractivity contribution in [2.75, 3.05) is 18.0 Å². The zero-order chi connectivity index (χ0) is 31.9. The molecule has 0 saturated carbocycles. The standard InChI is InChI=1S/C31H36Cl3N3O5S/c1-6-21(4)35-31(39)28(7-2)36(18-24-25(32)9-8-10-26(24)33)30(38)19-37(22-13-16-29(42-5)27(34)17-22)43(40,41)23-14-11-20(3)12-15-23/h8-17,21,28H,6-7,18-19H2,1-5H3,(H,35,39). The van der Waals surface area contributed by atoms with Gasteiger partial charge >= 0.3 is 0 Å². The molecule has 12 heteroatoms. The first kappa shape index (κ1) is 34.5. The van der Waals surface area contributed by atoms with Gasteiger partial charge in [-0.15, -0.1) is 0 Å². The molecule has 2 atom stereocenters. The number of amides is 2. The van der Waals surface area contributed by atoms with Crippen LogP contribution in [0, 0.1) is 6.92 Å². The van der Waals surface area contributed by atoms with Crippen LogP contribution < -0.4 is 14.4 Å². The number of hydrogen-bond donors (Lipinski definition) is 1. The number of nitrogens with zero attached hydrogens (tertiary/aromatic N) is 2. The van der Waals surface area contributed by atoms with Gasteiger partial charge in [0.05, 0.1) is 22.7 Å². The highest BCUT2D eigenvalue weighted by Gasteiger charge is 2.34. The van der Waals surface area contributed by atoms with Crippen LogP contribution in [0.1, 0.15) is 44.7 Å². The number of ether oxygens (including phenoxy) is 1. The van der Waals surface area contributed by atoms with Crippen LogP contribution >= 0.6 is 34.8 Å². The molecule has 0 heterocycles. The van der Waals surface area contributed by atoms with Crippen LogP contribution in [0.5, 0.6) is 5.75 Å². The molecule has 0 radical (unpaired) electrons. The number of carbonyl (C=O) groups is 2. The summed E-state index contributed by atoms with van der Waals surface area (Å²) in [6.45, 7) is 6.67. The monoisotopic (exact) mass is 667 g/mol. The molecule has 3 aromatic rings. The average molecular weight is 669 g/mol. The topological polar surface area (TPSA) is 96.0 Å². The number of halogens is 3. The number of anilines is 1. The van der Waals surface area contributed by atoms with E-state index in [1.54, 1.807) is 37.3 Å². The van der Waals surface area contributed by atoms with E-state index in [-0.39, 0.29) is 40.5 Å². The summed E-state index contributed by atoms with van der Waals surface area (Å²) in [4.78, 5) is 29.0. The molecular weight excluding hydrogens is 633 g/mol. The highest BCUT2D eigenvalue weighted by atomic mass is 35.5. The van der Waals surface area contributed by atoms with Crippen molar-refractivity contribution < 1.29 is 22.7 Å². The Balaban J connectivity index is 2.14. The summed E-state index contributed by atoms with van der Waals surface area (Å²) in [5.41, 5.74) is 1.46. The maximum absolute atomic E-state index is 14.3. The van der Waals surface area contributed by atoms with E-state index in [1.807, 2.05) is 20.8 Å². The Bertz CT molecular complexity index is 1530. The van der Waals surface area contributed by atoms with Crippen molar-refractivity contribution in [1.29, 1.82) is 0 Å². The number of rotatable bonds is 13. The van der Waals surface area contributed by atoms with Crippen molar-refractivity contribution in [1.82, 2.24) is 10.2 Å². The van der Waals surface area contributed by atoms with Gasteiger partial charge in [0.15, 0.2) is 0 Å². The van der Waals surface area contributed by atoms with E-state index < -0.39 is 28.5 Å². The summed E-state index contributed by atoms with van der Waals surface area (Å²) in [6, 6.07) is 14.6. The van der Waals surface area contributed by atoms with Crippen LogP contribution in [0.4, 0.5) is 5.69 Å². The van der Waals surface area contributed by atoms with Gasteiger partial charge in [-0.1, -0.05) is 72.4 Å². The largest absolute Gasteiger partial charge is 0.495 e. The lowest BCUT2D eigenvalue weighted by Crippen LogP contribution is -2.53. The van der Waals surface area contributed by atoms with Gasteiger partial charge in [-0.25, -0.2) is 8.42 Å². The first-order chi connectivity index (χ1) is 20.3. The number of carbonyl (C=O) groups excluding carboxylic acids is 2. The number of sulfonamides is 1. The van der Waals surface area contributed by atoms with Crippen molar-refractivity contribution >= 4 is 62.3 Å². The lowest BCUT2D eigenvalue weighted by atomic mass is 10.1. The van der Waals surface area contributed by atoms with Crippen molar-refractivity contribution in [3.8, 4) is 5.75 Å². The Labute approximate surface area is 268 Å². The molecular formula is C31H36Cl3N3O5S. The van der Waals surface area contributed by atoms with Gasteiger partial charge in [-0.05, 0) is 69.2 Å². The molecule has 0 saturated heterocycles. The fourth-order valence-electron chi connectivity index (χ4n) is 4.39. The van der Waals surface area contributed by atoms with Gasteiger partial charge in [-0.2, -0.15) is 0 Å². The molecule has 0 spiro atoms. The molecule has 3 rings (SSSR count). The third-order valence-electron chi connectivity index (χ3n) is 7.09. The molecule has 2 unspecified atom stereocenters. The van der Waals surface area contributed by atoms with Crippen LogP contribution in [0.3, 0.4) is 0 Å². The van der Waals surface area contributed by atoms with Crippen molar-refractivity contribution in [2.24, 2.45) is 0 Å². The van der Waals surface area contributed by atoms with Crippen LogP contribution in [0.25, 0.3) is 0 Å². The molecule has 1 N–H and O–H groups in total. The quantitative estimate of drug-likeness (QED) is 0.214. The second-order valence-corrected chi connectivity index (χ2v) is 13.2. The first-order valence-electron chi connectivity index (χ1n) is 13.8. The Kier molecular flexibility index (Phi) is 12.2. The van der Waals surface area contributed by atoms with Crippen LogP contribution in [-0.4, -0.2) is 50.9 Å². The molecule has 0 aromatic heterocycles. The average Bonchev–Trinajstić information content (AvgIpc) is 2.97. The maximum Gasteiger partial charge on any atom is 0.264 e. The summed E-state index contributed by atoms with van der Waals surface area (Å²) in [6.07, 6.45) is 0.947. The summed E-state index contributed by atoms with van der Waals surface area (Å²) in [5.74, 6) is -0.661. The number of hydrogen-bond acceptors (Lipinski definition) is 5. The maximum atomic E-state index is 14.3. The van der Waals surface area contributed by atoms with E-state index in [9.17, 15) is 18.0 Å². The number of methoxy groups -OCH3 is 1. The fourth-order valence-corrected chi connectivity index (χ4v) is 6.57. The second-order valence-electron chi connectivity index (χ2n) is 10.1. The molecule has 0 aliphatic rings. The molecule has 43 heavy (non-hydrogen) atoms. The van der Waals surface area contributed by atoms with E-state index in [0.29, 0.717) is 27.8 Å². The molecule has 3 aromatic carbocycles. The molecule has 232 valence electrons. The first-order valence-corrected chi connectivity index (χ1v) is 16.4. The van der Waals surface area contributed by atoms with Crippen molar-refractivity contribution in [3.05, 3.63) is 86.9 Å². The van der Waals surface area contributed by atoms with Gasteiger partial charge in [-0.3, -0.25) is 13.9 Å². The third kappa shape index (κ3) is 8.35. The highest BCUT2D eigenvalue weighted by molar-refractivity contribution is 7.92. The number of aryl methyl sites for hydroxylation is 1. The molecule has 0 fully saturated rings. The number of nitrogens with one attached hydrogen (secondary N) is 1. The Morgan fingerprint density at radius 1 is 0.930 bits per heavy atom. The predicted octanol–water partition coefficient (Wildman–Crippen LogP) is 6.88. The van der Waals surface area contributed by atoms with Crippen LogP contribution in [0.2, 0.25) is 15.1 Å². The highest BCUT2D eigenvalue weighted by Crippen LogP contribution is 2.33. The van der Waals surface area contributed by atoms with Crippen LogP contribution in [0.15, 0.2) is 65.6 Å². The Morgan fingerprint density at radius 2 is 1.56 bits per heavy atom. The van der Waals surface area contributed by atoms with E-state index >= 15 is 0 Å². The van der Waals surface area contributed by atoms with E-state index in [2.05, 4.69) is 5.32 Å². The second kappa shape index (κ2) is 15.1. The van der Waals surface area contributed by atoms with Gasteiger partial charge in [0.2, 0.25) is 11.8 Å². The van der Waals surface area contributed by atoms with E-state index in [4.69, 9.17) is 39.5 Å². The molecule has 0 bridgehead atoms. The normalized spacial score (nSPS) is 12.7. The lowest BCUT2D eigenvalue weighted by molar-refractivity contribution is -0.140. The Hall–Kier alpha value is -2.98. The summed E-state index contributed by atoms with van der Waals surface area (Å²) in [7, 11) is -2.82. The Morgan fingerprint density at radius 3 is 2.09 bits per heavy atom. The minimum atomic E-state index is -4.27. The molecule has 8 nitrogen and oxygen atoms in total. The minimum absolute atomic E-state index is 0.0138. The zero-order valence-corrected chi connectivity index (χ0v) is 27.8. The summed E-state index contributed by atoms with van der Waals surface area (Å²) in [5, 5.41) is 3.73. The SMILES string of the molecule is CCC(C)NC(=O)C(CC)N(Cc1c(Cl)cccc1Cl)C(=O)CN(c1ccc(OC)c(Cl)c1)S(=O)(=O)c1ccc(C)cc1. The molecule has 0 aliphatic heterocycles.